The van der Waals surface area contributed by atoms with Gasteiger partial charge in [0.05, 0.1) is 17.3 Å². The topological polar surface area (TPSA) is 73.1 Å². The van der Waals surface area contributed by atoms with Gasteiger partial charge in [0.25, 0.3) is 0 Å². The third-order valence-corrected chi connectivity index (χ3v) is 6.75. The number of ether oxygens (including phenoxy) is 2. The van der Waals surface area contributed by atoms with Gasteiger partial charge in [0, 0.05) is 9.86 Å². The van der Waals surface area contributed by atoms with Crippen LogP contribution in [0.2, 0.25) is 0 Å². The van der Waals surface area contributed by atoms with E-state index >= 15 is 0 Å². The molecule has 37 heavy (non-hydrogen) atoms. The van der Waals surface area contributed by atoms with E-state index in [0.717, 1.165) is 31.8 Å². The Morgan fingerprint density at radius 3 is 2.68 bits per heavy atom. The fourth-order valence-electron chi connectivity index (χ4n) is 3.98. The van der Waals surface area contributed by atoms with Gasteiger partial charge in [-0.1, -0.05) is 58.4 Å². The van der Waals surface area contributed by atoms with E-state index in [1.807, 2.05) is 49.4 Å². The minimum atomic E-state index is -0.442. The summed E-state index contributed by atoms with van der Waals surface area (Å²) in [5, 5.41) is 7.23. The first-order chi connectivity index (χ1) is 18.0. The molecule has 0 aliphatic rings. The Kier molecular flexibility index (Phi) is 7.58. The molecule has 0 aliphatic heterocycles. The molecule has 0 saturated heterocycles. The van der Waals surface area contributed by atoms with E-state index in [1.54, 1.807) is 18.3 Å². The third kappa shape index (κ3) is 5.70. The van der Waals surface area contributed by atoms with Crippen molar-refractivity contribution in [3.05, 3.63) is 105 Å². The molecule has 1 aromatic heterocycles. The molecular weight excluding hydrogens is 600 g/mol. The van der Waals surface area contributed by atoms with Crippen LogP contribution in [0.4, 0.5) is 0 Å². The number of amides is 1. The molecule has 8 heteroatoms. The molecule has 1 amide bonds. The Labute approximate surface area is 230 Å². The average Bonchev–Trinajstić information content (AvgIpc) is 3.32. The van der Waals surface area contributed by atoms with Crippen LogP contribution in [0.1, 0.15) is 28.6 Å². The number of fused-ring (bicyclic) bond motifs is 2. The molecule has 6 nitrogen and oxygen atoms in total. The van der Waals surface area contributed by atoms with Crippen molar-refractivity contribution in [1.29, 1.82) is 0 Å². The maximum Gasteiger partial charge on any atom is 0.307 e. The standard InChI is InChI=1S/C29H22Br2N2O4/c1-2-35-26-13-18(16-32-33-29(34)27-15-21-14-22(30)10-11-25(21)37-27)12-24(31)28(26)36-17-20-8-5-7-19-6-3-4-9-23(19)20/h3-16H,2,17H2,1H3,(H,33,34)/b32-16-. The smallest absolute Gasteiger partial charge is 0.307 e. The van der Waals surface area contributed by atoms with Crippen molar-refractivity contribution in [3.8, 4) is 11.5 Å². The highest BCUT2D eigenvalue weighted by Crippen LogP contribution is 2.37. The number of nitrogens with zero attached hydrogens (tertiary/aromatic N) is 1. The van der Waals surface area contributed by atoms with Crippen LogP contribution in [0.5, 0.6) is 11.5 Å². The number of carbonyl (C=O) groups is 1. The van der Waals surface area contributed by atoms with E-state index in [-0.39, 0.29) is 5.76 Å². The SMILES string of the molecule is CCOc1cc(/C=N\NC(=O)c2cc3cc(Br)ccc3o2)cc(Br)c1OCc1cccc2ccccc12. The van der Waals surface area contributed by atoms with Gasteiger partial charge < -0.3 is 13.9 Å². The van der Waals surface area contributed by atoms with Crippen molar-refractivity contribution in [2.75, 3.05) is 6.61 Å². The first-order valence-electron chi connectivity index (χ1n) is 11.6. The zero-order valence-electron chi connectivity index (χ0n) is 19.8. The van der Waals surface area contributed by atoms with E-state index in [0.29, 0.717) is 34.8 Å². The molecule has 0 fully saturated rings. The molecule has 1 N–H and O–H groups in total. The number of hydrogen-bond donors (Lipinski definition) is 1. The van der Waals surface area contributed by atoms with Gasteiger partial charge in [-0.05, 0) is 81.2 Å². The Morgan fingerprint density at radius 1 is 0.973 bits per heavy atom. The van der Waals surface area contributed by atoms with Crippen LogP contribution in [0.15, 0.2) is 97.3 Å². The van der Waals surface area contributed by atoms with Crippen LogP contribution >= 0.6 is 31.9 Å². The lowest BCUT2D eigenvalue weighted by atomic mass is 10.1. The van der Waals surface area contributed by atoms with Gasteiger partial charge in [-0.15, -0.1) is 0 Å². The number of rotatable bonds is 8. The van der Waals surface area contributed by atoms with Gasteiger partial charge in [0.1, 0.15) is 12.2 Å². The normalized spacial score (nSPS) is 11.3. The van der Waals surface area contributed by atoms with Crippen LogP contribution in [-0.2, 0) is 6.61 Å². The van der Waals surface area contributed by atoms with Gasteiger partial charge in [0.15, 0.2) is 17.3 Å². The second-order valence-electron chi connectivity index (χ2n) is 8.18. The minimum Gasteiger partial charge on any atom is -0.490 e. The number of hydrogen-bond acceptors (Lipinski definition) is 5. The van der Waals surface area contributed by atoms with Crippen LogP contribution in [0.25, 0.3) is 21.7 Å². The lowest BCUT2D eigenvalue weighted by Gasteiger charge is -2.15. The van der Waals surface area contributed by atoms with E-state index in [2.05, 4.69) is 66.7 Å². The highest BCUT2D eigenvalue weighted by molar-refractivity contribution is 9.10. The number of carbonyl (C=O) groups excluding carboxylic acids is 1. The van der Waals surface area contributed by atoms with Crippen molar-refractivity contribution in [3.63, 3.8) is 0 Å². The van der Waals surface area contributed by atoms with Crippen molar-refractivity contribution in [2.24, 2.45) is 5.10 Å². The summed E-state index contributed by atoms with van der Waals surface area (Å²) in [6, 6.07) is 25.3. The maximum atomic E-state index is 12.5. The molecule has 0 aliphatic carbocycles. The number of nitrogens with one attached hydrogen (secondary N) is 1. The van der Waals surface area contributed by atoms with Gasteiger partial charge in [-0.3, -0.25) is 4.79 Å². The number of furan rings is 1. The summed E-state index contributed by atoms with van der Waals surface area (Å²) < 4.78 is 19.3. The van der Waals surface area contributed by atoms with E-state index in [9.17, 15) is 4.79 Å². The molecule has 4 aromatic carbocycles. The van der Waals surface area contributed by atoms with Crippen molar-refractivity contribution in [1.82, 2.24) is 5.43 Å². The quantitative estimate of drug-likeness (QED) is 0.141. The molecule has 0 radical (unpaired) electrons. The van der Waals surface area contributed by atoms with E-state index < -0.39 is 5.91 Å². The summed E-state index contributed by atoms with van der Waals surface area (Å²) in [4.78, 5) is 12.5. The van der Waals surface area contributed by atoms with Crippen molar-refractivity contribution in [2.45, 2.75) is 13.5 Å². The van der Waals surface area contributed by atoms with Crippen molar-refractivity contribution < 1.29 is 18.7 Å². The Morgan fingerprint density at radius 2 is 1.81 bits per heavy atom. The fraction of sp³-hybridized carbons (Fsp3) is 0.103. The van der Waals surface area contributed by atoms with Gasteiger partial charge in [-0.2, -0.15) is 5.10 Å². The summed E-state index contributed by atoms with van der Waals surface area (Å²) >= 11 is 7.02. The monoisotopic (exact) mass is 620 g/mol. The molecule has 0 spiro atoms. The lowest BCUT2D eigenvalue weighted by molar-refractivity contribution is 0.0929. The molecule has 0 saturated carbocycles. The Balaban J connectivity index is 1.31. The third-order valence-electron chi connectivity index (χ3n) is 5.67. The summed E-state index contributed by atoms with van der Waals surface area (Å²) in [6.07, 6.45) is 1.54. The molecule has 0 bridgehead atoms. The highest BCUT2D eigenvalue weighted by atomic mass is 79.9. The van der Waals surface area contributed by atoms with E-state index in [4.69, 9.17) is 13.9 Å². The predicted molar refractivity (Wildman–Crippen MR) is 153 cm³/mol. The molecule has 0 unspecified atom stereocenters. The molecule has 1 heterocycles. The fourth-order valence-corrected chi connectivity index (χ4v) is 4.93. The summed E-state index contributed by atoms with van der Waals surface area (Å²) in [5.41, 5.74) is 4.94. The molecule has 5 rings (SSSR count). The van der Waals surface area contributed by atoms with E-state index in [1.165, 1.54) is 0 Å². The molecular formula is C29H22Br2N2O4. The molecule has 0 atom stereocenters. The second-order valence-corrected chi connectivity index (χ2v) is 9.95. The minimum absolute atomic E-state index is 0.179. The zero-order valence-corrected chi connectivity index (χ0v) is 23.0. The van der Waals surface area contributed by atoms with Crippen molar-refractivity contribution >= 4 is 65.7 Å². The van der Waals surface area contributed by atoms with Crippen LogP contribution in [-0.4, -0.2) is 18.7 Å². The number of hydrazone groups is 1. The average molecular weight is 622 g/mol. The van der Waals surface area contributed by atoms with Gasteiger partial charge >= 0.3 is 5.91 Å². The number of halogens is 2. The maximum absolute atomic E-state index is 12.5. The lowest BCUT2D eigenvalue weighted by Crippen LogP contribution is -2.16. The Hall–Kier alpha value is -3.62. The highest BCUT2D eigenvalue weighted by Gasteiger charge is 2.14. The molecule has 5 aromatic rings. The first-order valence-corrected chi connectivity index (χ1v) is 13.2. The summed E-state index contributed by atoms with van der Waals surface area (Å²) in [7, 11) is 0. The predicted octanol–water partition coefficient (Wildman–Crippen LogP) is 7.85. The zero-order chi connectivity index (χ0) is 25.8. The second kappa shape index (κ2) is 11.2. The van der Waals surface area contributed by atoms with Gasteiger partial charge in [0.2, 0.25) is 0 Å². The first kappa shape index (κ1) is 25.0. The van der Waals surface area contributed by atoms with Crippen LogP contribution < -0.4 is 14.9 Å². The Bertz CT molecular complexity index is 1620. The van der Waals surface area contributed by atoms with Crippen LogP contribution in [0.3, 0.4) is 0 Å². The largest absolute Gasteiger partial charge is 0.490 e. The summed E-state index contributed by atoms with van der Waals surface area (Å²) in [5.74, 6) is 0.915. The van der Waals surface area contributed by atoms with Gasteiger partial charge in [-0.25, -0.2) is 5.43 Å². The molecule has 186 valence electrons. The summed E-state index contributed by atoms with van der Waals surface area (Å²) in [6.45, 7) is 2.77. The number of benzene rings is 4. The van der Waals surface area contributed by atoms with Crippen LogP contribution in [0, 0.1) is 0 Å².